The van der Waals surface area contributed by atoms with Crippen molar-refractivity contribution >= 4 is 64.1 Å². The van der Waals surface area contributed by atoms with E-state index in [0.29, 0.717) is 28.9 Å². The van der Waals surface area contributed by atoms with E-state index in [4.69, 9.17) is 40.2 Å². The molecule has 29 heavy (non-hydrogen) atoms. The molecule has 2 heterocycles. The lowest BCUT2D eigenvalue weighted by Crippen LogP contribution is -2.54. The first-order valence-corrected chi connectivity index (χ1v) is 9.92. The third-order valence-electron chi connectivity index (χ3n) is 4.64. The molecule has 1 aromatic carbocycles. The van der Waals surface area contributed by atoms with Crippen LogP contribution in [-0.4, -0.2) is 35.2 Å². The van der Waals surface area contributed by atoms with E-state index in [-0.39, 0.29) is 10.7 Å². The topological polar surface area (TPSA) is 63.6 Å². The van der Waals surface area contributed by atoms with Gasteiger partial charge in [0.15, 0.2) is 5.11 Å². The van der Waals surface area contributed by atoms with Crippen molar-refractivity contribution < 1.29 is 14.3 Å². The van der Waals surface area contributed by atoms with E-state index in [9.17, 15) is 9.59 Å². The van der Waals surface area contributed by atoms with Crippen LogP contribution in [0.1, 0.15) is 17.0 Å². The van der Waals surface area contributed by atoms with E-state index in [1.807, 2.05) is 19.9 Å². The standard InChI is InChI=1S/C20H19Cl2N3O3S/c1-11-6-13(12(2)24(11)4-5-28-3)7-17-18(26)23-20(29)25(19(17)27)16-9-14(21)8-15(22)10-16/h6-10H,4-5H2,1-3H3,(H,23,26,29)/b17-7+. The highest BCUT2D eigenvalue weighted by molar-refractivity contribution is 7.80. The summed E-state index contributed by atoms with van der Waals surface area (Å²) < 4.78 is 7.22. The Morgan fingerprint density at radius 1 is 1.14 bits per heavy atom. The number of carbonyl (C=O) groups is 2. The number of aryl methyl sites for hydroxylation is 1. The molecule has 9 heteroatoms. The number of nitrogens with zero attached hydrogens (tertiary/aromatic N) is 2. The Hall–Kier alpha value is -2.19. The quantitative estimate of drug-likeness (QED) is 0.425. The second kappa shape index (κ2) is 8.67. The van der Waals surface area contributed by atoms with Gasteiger partial charge in [0.1, 0.15) is 5.57 Å². The normalized spacial score (nSPS) is 16.0. The average Bonchev–Trinajstić information content (AvgIpc) is 2.89. The van der Waals surface area contributed by atoms with Crippen molar-refractivity contribution in [1.82, 2.24) is 9.88 Å². The molecule has 2 aromatic rings. The first-order valence-electron chi connectivity index (χ1n) is 8.76. The third kappa shape index (κ3) is 4.38. The number of benzene rings is 1. The van der Waals surface area contributed by atoms with E-state index < -0.39 is 11.8 Å². The van der Waals surface area contributed by atoms with Crippen LogP contribution >= 0.6 is 35.4 Å². The molecule has 0 aliphatic carbocycles. The van der Waals surface area contributed by atoms with Crippen LogP contribution in [0, 0.1) is 13.8 Å². The molecule has 1 aliphatic heterocycles. The van der Waals surface area contributed by atoms with Crippen molar-refractivity contribution in [2.45, 2.75) is 20.4 Å². The molecule has 1 N–H and O–H groups in total. The minimum absolute atomic E-state index is 0.0262. The summed E-state index contributed by atoms with van der Waals surface area (Å²) in [6.45, 7) is 5.13. The summed E-state index contributed by atoms with van der Waals surface area (Å²) in [6, 6.07) is 6.59. The first-order chi connectivity index (χ1) is 13.7. The van der Waals surface area contributed by atoms with Crippen molar-refractivity contribution in [3.05, 3.63) is 56.8 Å². The van der Waals surface area contributed by atoms with Crippen molar-refractivity contribution in [2.75, 3.05) is 18.6 Å². The summed E-state index contributed by atoms with van der Waals surface area (Å²) in [4.78, 5) is 26.9. The Morgan fingerprint density at radius 3 is 2.41 bits per heavy atom. The molecule has 1 aromatic heterocycles. The van der Waals surface area contributed by atoms with Gasteiger partial charge in [0.05, 0.1) is 12.3 Å². The Bertz CT molecular complexity index is 1030. The van der Waals surface area contributed by atoms with E-state index >= 15 is 0 Å². The smallest absolute Gasteiger partial charge is 0.270 e. The van der Waals surface area contributed by atoms with Gasteiger partial charge in [-0.1, -0.05) is 23.2 Å². The van der Waals surface area contributed by atoms with Crippen molar-refractivity contribution in [3.8, 4) is 0 Å². The first kappa shape index (κ1) is 21.5. The van der Waals surface area contributed by atoms with Crippen LogP contribution in [0.3, 0.4) is 0 Å². The summed E-state index contributed by atoms with van der Waals surface area (Å²) in [5.74, 6) is -1.09. The zero-order valence-corrected chi connectivity index (χ0v) is 18.4. The van der Waals surface area contributed by atoms with Crippen LogP contribution in [0.15, 0.2) is 29.8 Å². The molecule has 152 valence electrons. The number of aromatic nitrogens is 1. The molecule has 1 aliphatic rings. The number of carbonyl (C=O) groups excluding carboxylic acids is 2. The zero-order valence-electron chi connectivity index (χ0n) is 16.1. The lowest BCUT2D eigenvalue weighted by molar-refractivity contribution is -0.122. The highest BCUT2D eigenvalue weighted by Crippen LogP contribution is 2.29. The number of ether oxygens (including phenoxy) is 1. The zero-order chi connectivity index (χ0) is 21.3. The van der Waals surface area contributed by atoms with Crippen LogP contribution in [0.4, 0.5) is 5.69 Å². The Balaban J connectivity index is 2.02. The van der Waals surface area contributed by atoms with Crippen molar-refractivity contribution in [2.24, 2.45) is 0 Å². The molecule has 0 bridgehead atoms. The fraction of sp³-hybridized carbons (Fsp3) is 0.250. The fourth-order valence-electron chi connectivity index (χ4n) is 3.22. The second-order valence-electron chi connectivity index (χ2n) is 6.56. The van der Waals surface area contributed by atoms with E-state index in [1.165, 1.54) is 4.90 Å². The van der Waals surface area contributed by atoms with Gasteiger partial charge in [-0.15, -0.1) is 0 Å². The summed E-state index contributed by atoms with van der Waals surface area (Å²) in [5, 5.41) is 3.24. The Kier molecular flexibility index (Phi) is 6.43. The third-order valence-corrected chi connectivity index (χ3v) is 5.36. The minimum Gasteiger partial charge on any atom is -0.383 e. The van der Waals surface area contributed by atoms with Gasteiger partial charge >= 0.3 is 0 Å². The van der Waals surface area contributed by atoms with Gasteiger partial charge in [-0.25, -0.2) is 0 Å². The monoisotopic (exact) mass is 451 g/mol. The highest BCUT2D eigenvalue weighted by Gasteiger charge is 2.35. The number of nitrogens with one attached hydrogen (secondary N) is 1. The van der Waals surface area contributed by atoms with Crippen LogP contribution in [0.2, 0.25) is 10.0 Å². The number of thiocarbonyl (C=S) groups is 1. The molecule has 3 rings (SSSR count). The maximum Gasteiger partial charge on any atom is 0.270 e. The van der Waals surface area contributed by atoms with Crippen LogP contribution < -0.4 is 10.2 Å². The lowest BCUT2D eigenvalue weighted by Gasteiger charge is -2.29. The number of amides is 2. The molecule has 6 nitrogen and oxygen atoms in total. The van der Waals surface area contributed by atoms with Crippen LogP contribution in [-0.2, 0) is 20.9 Å². The number of anilines is 1. The molecule has 2 amide bonds. The second-order valence-corrected chi connectivity index (χ2v) is 7.82. The maximum atomic E-state index is 13.1. The minimum atomic E-state index is -0.550. The molecule has 1 saturated heterocycles. The molecule has 0 saturated carbocycles. The summed E-state index contributed by atoms with van der Waals surface area (Å²) in [6.07, 6.45) is 1.57. The van der Waals surface area contributed by atoms with Crippen molar-refractivity contribution in [3.63, 3.8) is 0 Å². The molecule has 0 atom stereocenters. The number of hydrogen-bond acceptors (Lipinski definition) is 4. The number of halogens is 2. The fourth-order valence-corrected chi connectivity index (χ4v) is 4.01. The van der Waals surface area contributed by atoms with Crippen molar-refractivity contribution in [1.29, 1.82) is 0 Å². The lowest BCUT2D eigenvalue weighted by atomic mass is 10.1. The predicted octanol–water partition coefficient (Wildman–Crippen LogP) is 3.89. The SMILES string of the molecule is COCCn1c(C)cc(/C=C2\C(=O)NC(=S)N(c3cc(Cl)cc(Cl)c3)C2=O)c1C. The van der Waals surface area contributed by atoms with Gasteiger partial charge in [-0.2, -0.15) is 0 Å². The number of methoxy groups -OCH3 is 1. The highest BCUT2D eigenvalue weighted by atomic mass is 35.5. The van der Waals surface area contributed by atoms with E-state index in [2.05, 4.69) is 9.88 Å². The van der Waals surface area contributed by atoms with Crippen LogP contribution in [0.25, 0.3) is 6.08 Å². The molecule has 0 spiro atoms. The summed E-state index contributed by atoms with van der Waals surface area (Å²) in [7, 11) is 1.64. The Morgan fingerprint density at radius 2 is 1.79 bits per heavy atom. The molecule has 1 fully saturated rings. The van der Waals surface area contributed by atoms with Gasteiger partial charge in [0, 0.05) is 35.1 Å². The molecule has 0 unspecified atom stereocenters. The van der Waals surface area contributed by atoms with E-state index in [1.54, 1.807) is 31.4 Å². The maximum absolute atomic E-state index is 13.1. The molecular formula is C20H19Cl2N3O3S. The average molecular weight is 452 g/mol. The summed E-state index contributed by atoms with van der Waals surface area (Å²) >= 11 is 17.3. The Labute approximate surface area is 184 Å². The number of rotatable bonds is 5. The van der Waals surface area contributed by atoms with Gasteiger partial charge < -0.3 is 9.30 Å². The van der Waals surface area contributed by atoms with Gasteiger partial charge in [-0.3, -0.25) is 19.8 Å². The summed E-state index contributed by atoms with van der Waals surface area (Å²) in [5.41, 5.74) is 3.06. The van der Waals surface area contributed by atoms with Gasteiger partial charge in [0.25, 0.3) is 11.8 Å². The number of hydrogen-bond donors (Lipinski definition) is 1. The largest absolute Gasteiger partial charge is 0.383 e. The molecular weight excluding hydrogens is 433 g/mol. The van der Waals surface area contributed by atoms with E-state index in [0.717, 1.165) is 17.0 Å². The van der Waals surface area contributed by atoms with Gasteiger partial charge in [0.2, 0.25) is 0 Å². The van der Waals surface area contributed by atoms with Gasteiger partial charge in [-0.05, 0) is 62.0 Å². The van der Waals surface area contributed by atoms with Crippen LogP contribution in [0.5, 0.6) is 0 Å². The predicted molar refractivity (Wildman–Crippen MR) is 118 cm³/mol. The molecule has 0 radical (unpaired) electrons.